The van der Waals surface area contributed by atoms with Crippen LogP contribution in [0.4, 0.5) is 0 Å². The van der Waals surface area contributed by atoms with E-state index in [1.807, 2.05) is 0 Å². The van der Waals surface area contributed by atoms with Crippen molar-refractivity contribution < 1.29 is 20.1 Å². The normalized spacial score (nSPS) is 45.8. The highest BCUT2D eigenvalue weighted by atomic mass is 16.5. The van der Waals surface area contributed by atoms with Crippen LogP contribution in [-0.4, -0.2) is 46.3 Å². The van der Waals surface area contributed by atoms with Crippen LogP contribution in [0.3, 0.4) is 0 Å². The third-order valence-electron chi connectivity index (χ3n) is 2.20. The van der Waals surface area contributed by atoms with Gasteiger partial charge in [-0.25, -0.2) is 0 Å². The van der Waals surface area contributed by atoms with Crippen LogP contribution in [0.25, 0.3) is 0 Å². The van der Waals surface area contributed by atoms with E-state index in [1.165, 1.54) is 6.92 Å². The number of rotatable bonds is 1. The van der Waals surface area contributed by atoms with E-state index in [-0.39, 0.29) is 6.61 Å². The minimum atomic E-state index is -1.31. The first-order chi connectivity index (χ1) is 5.09. The van der Waals surface area contributed by atoms with Gasteiger partial charge in [0.1, 0.15) is 11.7 Å². The molecule has 1 fully saturated rings. The summed E-state index contributed by atoms with van der Waals surface area (Å²) in [5, 5.41) is 27.6. The molecule has 0 radical (unpaired) electrons. The Labute approximate surface area is 65.4 Å². The predicted octanol–water partition coefficient (Wildman–Crippen LogP) is -1.12. The lowest BCUT2D eigenvalue weighted by Gasteiger charge is -2.39. The van der Waals surface area contributed by atoms with Crippen LogP contribution in [0, 0.1) is 0 Å². The molecule has 1 heterocycles. The summed E-state index contributed by atoms with van der Waals surface area (Å²) < 4.78 is 5.05. The molecule has 0 aliphatic carbocycles. The largest absolute Gasteiger partial charge is 0.394 e. The molecule has 0 saturated carbocycles. The smallest absolute Gasteiger partial charge is 0.116 e. The standard InChI is InChI=1S/C7H14O4/c1-7(10)5(9)2-3-11-6(7)4-8/h5-6,8-10H,2-4H2,1H3/t5?,6?,7-/m1/s1. The molecule has 0 aromatic heterocycles. The molecule has 1 aliphatic heterocycles. The summed E-state index contributed by atoms with van der Waals surface area (Å²) in [6, 6.07) is 0. The highest BCUT2D eigenvalue weighted by Crippen LogP contribution is 2.24. The molecule has 0 spiro atoms. The molecule has 0 bridgehead atoms. The molecule has 0 aromatic carbocycles. The quantitative estimate of drug-likeness (QED) is 0.457. The van der Waals surface area contributed by atoms with Gasteiger partial charge >= 0.3 is 0 Å². The lowest BCUT2D eigenvalue weighted by molar-refractivity contribution is -0.203. The minimum Gasteiger partial charge on any atom is -0.394 e. The van der Waals surface area contributed by atoms with Crippen LogP contribution < -0.4 is 0 Å². The Morgan fingerprint density at radius 3 is 2.73 bits per heavy atom. The first kappa shape index (κ1) is 8.93. The highest BCUT2D eigenvalue weighted by molar-refractivity contribution is 4.92. The zero-order valence-electron chi connectivity index (χ0n) is 6.53. The molecular formula is C7H14O4. The number of hydrogen-bond donors (Lipinski definition) is 3. The van der Waals surface area contributed by atoms with Crippen LogP contribution >= 0.6 is 0 Å². The van der Waals surface area contributed by atoms with E-state index in [0.717, 1.165) is 0 Å². The second-order valence-corrected chi connectivity index (χ2v) is 3.07. The summed E-state index contributed by atoms with van der Waals surface area (Å²) in [5.74, 6) is 0. The van der Waals surface area contributed by atoms with Crippen molar-refractivity contribution in [1.29, 1.82) is 0 Å². The fourth-order valence-electron chi connectivity index (χ4n) is 1.23. The van der Waals surface area contributed by atoms with E-state index < -0.39 is 17.8 Å². The lowest BCUT2D eigenvalue weighted by atomic mass is 9.88. The molecule has 1 saturated heterocycles. The molecule has 0 amide bonds. The summed E-state index contributed by atoms with van der Waals surface area (Å²) in [6.45, 7) is 1.60. The van der Waals surface area contributed by atoms with Gasteiger partial charge in [-0.05, 0) is 13.3 Å². The summed E-state index contributed by atoms with van der Waals surface area (Å²) in [7, 11) is 0. The van der Waals surface area contributed by atoms with Crippen molar-refractivity contribution in [2.45, 2.75) is 31.2 Å². The van der Waals surface area contributed by atoms with Crippen LogP contribution in [-0.2, 0) is 4.74 Å². The Balaban J connectivity index is 2.64. The first-order valence-electron chi connectivity index (χ1n) is 3.72. The third-order valence-corrected chi connectivity index (χ3v) is 2.20. The topological polar surface area (TPSA) is 69.9 Å². The Hall–Kier alpha value is -0.160. The Bertz CT molecular complexity index is 134. The number of ether oxygens (including phenoxy) is 1. The molecule has 3 atom stereocenters. The molecule has 4 heteroatoms. The van der Waals surface area contributed by atoms with Gasteiger partial charge in [0.15, 0.2) is 0 Å². The van der Waals surface area contributed by atoms with Crippen molar-refractivity contribution in [3.8, 4) is 0 Å². The number of hydrogen-bond acceptors (Lipinski definition) is 4. The maximum Gasteiger partial charge on any atom is 0.116 e. The van der Waals surface area contributed by atoms with Crippen LogP contribution in [0.2, 0.25) is 0 Å². The maximum atomic E-state index is 9.57. The zero-order valence-corrected chi connectivity index (χ0v) is 6.53. The molecule has 0 aromatic rings. The van der Waals surface area contributed by atoms with Crippen LogP contribution in [0.15, 0.2) is 0 Å². The van der Waals surface area contributed by atoms with E-state index >= 15 is 0 Å². The van der Waals surface area contributed by atoms with Gasteiger partial charge in [-0.15, -0.1) is 0 Å². The van der Waals surface area contributed by atoms with Gasteiger partial charge in [0.2, 0.25) is 0 Å². The van der Waals surface area contributed by atoms with Crippen LogP contribution in [0.1, 0.15) is 13.3 Å². The number of aliphatic hydroxyl groups excluding tert-OH is 2. The van der Waals surface area contributed by atoms with Crippen LogP contribution in [0.5, 0.6) is 0 Å². The zero-order chi connectivity index (χ0) is 8.48. The third kappa shape index (κ3) is 1.54. The summed E-state index contributed by atoms with van der Waals surface area (Å²) in [5.41, 5.74) is -1.31. The first-order valence-corrected chi connectivity index (χ1v) is 3.72. The summed E-state index contributed by atoms with van der Waals surface area (Å²) in [6.07, 6.45) is -1.04. The van der Waals surface area contributed by atoms with Gasteiger partial charge in [0.25, 0.3) is 0 Å². The van der Waals surface area contributed by atoms with Crippen molar-refractivity contribution in [3.63, 3.8) is 0 Å². The SMILES string of the molecule is C[C@@]1(O)C(O)CCOC1CO. The van der Waals surface area contributed by atoms with E-state index in [0.29, 0.717) is 13.0 Å². The van der Waals surface area contributed by atoms with E-state index in [1.54, 1.807) is 0 Å². The van der Waals surface area contributed by atoms with Gasteiger partial charge in [-0.1, -0.05) is 0 Å². The molecular weight excluding hydrogens is 148 g/mol. The highest BCUT2D eigenvalue weighted by Gasteiger charge is 2.42. The van der Waals surface area contributed by atoms with Crippen molar-refractivity contribution in [2.75, 3.05) is 13.2 Å². The number of aliphatic hydroxyl groups is 3. The molecule has 2 unspecified atom stereocenters. The molecule has 1 aliphatic rings. The van der Waals surface area contributed by atoms with Crippen molar-refractivity contribution in [3.05, 3.63) is 0 Å². The molecule has 11 heavy (non-hydrogen) atoms. The van der Waals surface area contributed by atoms with Gasteiger partial charge in [0, 0.05) is 6.61 Å². The van der Waals surface area contributed by atoms with Gasteiger partial charge < -0.3 is 20.1 Å². The predicted molar refractivity (Wildman–Crippen MR) is 38.1 cm³/mol. The summed E-state index contributed by atoms with van der Waals surface area (Å²) >= 11 is 0. The fourth-order valence-corrected chi connectivity index (χ4v) is 1.23. The van der Waals surface area contributed by atoms with Gasteiger partial charge in [-0.2, -0.15) is 0 Å². The van der Waals surface area contributed by atoms with E-state index in [2.05, 4.69) is 0 Å². The van der Waals surface area contributed by atoms with Gasteiger partial charge in [-0.3, -0.25) is 0 Å². The Morgan fingerprint density at radius 2 is 2.27 bits per heavy atom. The van der Waals surface area contributed by atoms with Crippen molar-refractivity contribution >= 4 is 0 Å². The lowest BCUT2D eigenvalue weighted by Crippen LogP contribution is -2.56. The molecule has 3 N–H and O–H groups in total. The Kier molecular flexibility index (Phi) is 2.49. The maximum absolute atomic E-state index is 9.57. The second-order valence-electron chi connectivity index (χ2n) is 3.07. The van der Waals surface area contributed by atoms with Crippen molar-refractivity contribution in [2.24, 2.45) is 0 Å². The van der Waals surface area contributed by atoms with E-state index in [9.17, 15) is 10.2 Å². The average molecular weight is 162 g/mol. The Morgan fingerprint density at radius 1 is 1.64 bits per heavy atom. The second kappa shape index (κ2) is 3.06. The monoisotopic (exact) mass is 162 g/mol. The summed E-state index contributed by atoms with van der Waals surface area (Å²) in [4.78, 5) is 0. The molecule has 66 valence electrons. The van der Waals surface area contributed by atoms with E-state index in [4.69, 9.17) is 9.84 Å². The fraction of sp³-hybridized carbons (Fsp3) is 1.00. The molecule has 1 rings (SSSR count). The van der Waals surface area contributed by atoms with Gasteiger partial charge in [0.05, 0.1) is 12.7 Å². The average Bonchev–Trinajstić information content (AvgIpc) is 1.95. The van der Waals surface area contributed by atoms with Crippen molar-refractivity contribution in [1.82, 2.24) is 0 Å². The molecule has 4 nitrogen and oxygen atoms in total. The minimum absolute atomic E-state index is 0.260.